The third kappa shape index (κ3) is 1.30. The number of aryl methyl sites for hydroxylation is 1. The van der Waals surface area contributed by atoms with Crippen LogP contribution in [-0.2, 0) is 10.3 Å². The van der Waals surface area contributed by atoms with Gasteiger partial charge < -0.3 is 4.74 Å². The van der Waals surface area contributed by atoms with E-state index in [1.54, 1.807) is 12.1 Å². The molecule has 1 fully saturated rings. The summed E-state index contributed by atoms with van der Waals surface area (Å²) < 4.78 is 42.2. The van der Waals surface area contributed by atoms with Crippen LogP contribution < -0.4 is 0 Å². The molecule has 1 aliphatic heterocycles. The van der Waals surface area contributed by atoms with Crippen LogP contribution in [0.5, 0.6) is 0 Å². The monoisotopic (exact) mass is 202 g/mol. The van der Waals surface area contributed by atoms with Crippen molar-refractivity contribution in [1.82, 2.24) is 0 Å². The van der Waals surface area contributed by atoms with Gasteiger partial charge in [0.15, 0.2) is 0 Å². The van der Waals surface area contributed by atoms with E-state index in [1.807, 2.05) is 6.92 Å². The molecule has 4 heteroatoms. The predicted molar refractivity (Wildman–Crippen MR) is 44.9 cm³/mol. The number of ether oxygens (including phenoxy) is 1. The molecule has 1 unspecified atom stereocenters. The van der Waals surface area contributed by atoms with E-state index in [2.05, 4.69) is 4.74 Å². The lowest BCUT2D eigenvalue weighted by molar-refractivity contribution is -0.187. The van der Waals surface area contributed by atoms with E-state index in [4.69, 9.17) is 0 Å². The maximum Gasteiger partial charge on any atom is 0.424 e. The van der Waals surface area contributed by atoms with Gasteiger partial charge in [-0.1, -0.05) is 29.8 Å². The van der Waals surface area contributed by atoms with Crippen molar-refractivity contribution in [3.05, 3.63) is 35.4 Å². The van der Waals surface area contributed by atoms with Crippen molar-refractivity contribution in [1.29, 1.82) is 0 Å². The molecule has 1 aromatic carbocycles. The van der Waals surface area contributed by atoms with Crippen molar-refractivity contribution >= 4 is 0 Å². The van der Waals surface area contributed by atoms with Crippen LogP contribution in [0.1, 0.15) is 11.1 Å². The SMILES string of the molecule is Cc1ccc(C2(C(F)(F)F)CO2)cc1. The van der Waals surface area contributed by atoms with Crippen molar-refractivity contribution < 1.29 is 17.9 Å². The molecule has 76 valence electrons. The first-order chi connectivity index (χ1) is 6.46. The minimum Gasteiger partial charge on any atom is -0.355 e. The fourth-order valence-electron chi connectivity index (χ4n) is 1.39. The van der Waals surface area contributed by atoms with Gasteiger partial charge in [-0.2, -0.15) is 13.2 Å². The molecule has 1 atom stereocenters. The number of alkyl halides is 3. The summed E-state index contributed by atoms with van der Waals surface area (Å²) in [4.78, 5) is 0. The summed E-state index contributed by atoms with van der Waals surface area (Å²) in [7, 11) is 0. The topological polar surface area (TPSA) is 12.5 Å². The molecule has 0 radical (unpaired) electrons. The first-order valence-electron chi connectivity index (χ1n) is 4.23. The van der Waals surface area contributed by atoms with Crippen LogP contribution in [0, 0.1) is 6.92 Å². The van der Waals surface area contributed by atoms with E-state index in [0.717, 1.165) is 5.56 Å². The van der Waals surface area contributed by atoms with E-state index in [9.17, 15) is 13.2 Å². The van der Waals surface area contributed by atoms with Crippen LogP contribution in [0.15, 0.2) is 24.3 Å². The summed E-state index contributed by atoms with van der Waals surface area (Å²) in [5, 5.41) is 0. The molecule has 0 aliphatic carbocycles. The Morgan fingerprint density at radius 2 is 1.71 bits per heavy atom. The van der Waals surface area contributed by atoms with Gasteiger partial charge in [-0.05, 0) is 12.5 Å². The number of benzene rings is 1. The number of halogens is 3. The summed E-state index contributed by atoms with van der Waals surface area (Å²) in [6.07, 6.45) is -4.32. The molecule has 0 aromatic heterocycles. The van der Waals surface area contributed by atoms with Gasteiger partial charge in [0.25, 0.3) is 0 Å². The van der Waals surface area contributed by atoms with Crippen molar-refractivity contribution in [2.24, 2.45) is 0 Å². The summed E-state index contributed by atoms with van der Waals surface area (Å²) in [5.41, 5.74) is -0.900. The predicted octanol–water partition coefficient (Wildman–Crippen LogP) is 2.78. The average Bonchev–Trinajstić information content (AvgIpc) is 2.84. The highest BCUT2D eigenvalue weighted by atomic mass is 19.4. The van der Waals surface area contributed by atoms with E-state index >= 15 is 0 Å². The molecule has 1 aromatic rings. The van der Waals surface area contributed by atoms with Gasteiger partial charge in [-0.15, -0.1) is 0 Å². The Bertz CT molecular complexity index is 335. The summed E-state index contributed by atoms with van der Waals surface area (Å²) in [6, 6.07) is 6.25. The van der Waals surface area contributed by atoms with Crippen LogP contribution in [0.3, 0.4) is 0 Å². The fraction of sp³-hybridized carbons (Fsp3) is 0.400. The summed E-state index contributed by atoms with van der Waals surface area (Å²) in [6.45, 7) is 1.57. The zero-order valence-electron chi connectivity index (χ0n) is 7.56. The van der Waals surface area contributed by atoms with Crippen molar-refractivity contribution in [3.8, 4) is 0 Å². The molecule has 0 spiro atoms. The lowest BCUT2D eigenvalue weighted by Crippen LogP contribution is -2.30. The quantitative estimate of drug-likeness (QED) is 0.638. The Labute approximate surface area is 79.5 Å². The Kier molecular flexibility index (Phi) is 1.86. The smallest absolute Gasteiger partial charge is 0.355 e. The van der Waals surface area contributed by atoms with Crippen LogP contribution >= 0.6 is 0 Å². The van der Waals surface area contributed by atoms with Crippen molar-refractivity contribution in [2.75, 3.05) is 6.61 Å². The normalized spacial score (nSPS) is 26.3. The lowest BCUT2D eigenvalue weighted by atomic mass is 9.98. The summed E-state index contributed by atoms with van der Waals surface area (Å²) >= 11 is 0. The molecule has 1 nitrogen and oxygen atoms in total. The minimum absolute atomic E-state index is 0.190. The lowest BCUT2D eigenvalue weighted by Gasteiger charge is -2.16. The first kappa shape index (κ1) is 9.52. The van der Waals surface area contributed by atoms with Gasteiger partial charge >= 0.3 is 6.18 Å². The Hall–Kier alpha value is -1.03. The zero-order chi connectivity index (χ0) is 10.4. The highest BCUT2D eigenvalue weighted by molar-refractivity contribution is 5.31. The van der Waals surface area contributed by atoms with Gasteiger partial charge in [0.2, 0.25) is 5.60 Å². The maximum atomic E-state index is 12.6. The molecular formula is C10H9F3O. The van der Waals surface area contributed by atoms with Gasteiger partial charge in [-0.3, -0.25) is 0 Å². The maximum absolute atomic E-state index is 12.6. The van der Waals surface area contributed by atoms with Crippen LogP contribution in [0.4, 0.5) is 13.2 Å². The third-order valence-electron chi connectivity index (χ3n) is 2.41. The molecule has 1 saturated heterocycles. The van der Waals surface area contributed by atoms with Gasteiger partial charge in [0.1, 0.15) is 0 Å². The summed E-state index contributed by atoms with van der Waals surface area (Å²) in [5.74, 6) is 0. The number of rotatable bonds is 1. The van der Waals surface area contributed by atoms with E-state index in [-0.39, 0.29) is 12.2 Å². The third-order valence-corrected chi connectivity index (χ3v) is 2.41. The molecule has 2 rings (SSSR count). The average molecular weight is 202 g/mol. The van der Waals surface area contributed by atoms with Crippen LogP contribution in [-0.4, -0.2) is 12.8 Å². The zero-order valence-corrected chi connectivity index (χ0v) is 7.56. The van der Waals surface area contributed by atoms with E-state index in [0.29, 0.717) is 0 Å². The number of epoxide rings is 1. The molecule has 0 saturated carbocycles. The first-order valence-corrected chi connectivity index (χ1v) is 4.23. The Morgan fingerprint density at radius 1 is 1.21 bits per heavy atom. The molecule has 0 amide bonds. The molecule has 1 heterocycles. The standard InChI is InChI=1S/C10H9F3O/c1-7-2-4-8(5-3-7)9(6-14-9)10(11,12)13/h2-5H,6H2,1H3. The Balaban J connectivity index is 2.36. The van der Waals surface area contributed by atoms with Crippen LogP contribution in [0.25, 0.3) is 0 Å². The molecule has 14 heavy (non-hydrogen) atoms. The van der Waals surface area contributed by atoms with Gasteiger partial charge in [0, 0.05) is 0 Å². The van der Waals surface area contributed by atoms with Crippen molar-refractivity contribution in [2.45, 2.75) is 18.7 Å². The van der Waals surface area contributed by atoms with Gasteiger partial charge in [0.05, 0.1) is 6.61 Å². The van der Waals surface area contributed by atoms with Crippen molar-refractivity contribution in [3.63, 3.8) is 0 Å². The second-order valence-corrected chi connectivity index (χ2v) is 3.48. The van der Waals surface area contributed by atoms with Gasteiger partial charge in [-0.25, -0.2) is 0 Å². The fourth-order valence-corrected chi connectivity index (χ4v) is 1.39. The minimum atomic E-state index is -4.32. The number of hydrogen-bond acceptors (Lipinski definition) is 1. The second-order valence-electron chi connectivity index (χ2n) is 3.48. The molecule has 0 bridgehead atoms. The highest BCUT2D eigenvalue weighted by Crippen LogP contribution is 2.51. The van der Waals surface area contributed by atoms with E-state index < -0.39 is 11.8 Å². The highest BCUT2D eigenvalue weighted by Gasteiger charge is 2.66. The molecular weight excluding hydrogens is 193 g/mol. The van der Waals surface area contributed by atoms with Crippen LogP contribution in [0.2, 0.25) is 0 Å². The van der Waals surface area contributed by atoms with E-state index in [1.165, 1.54) is 12.1 Å². The second kappa shape index (κ2) is 2.73. The molecule has 1 aliphatic rings. The number of hydrogen-bond donors (Lipinski definition) is 0. The largest absolute Gasteiger partial charge is 0.424 e. The Morgan fingerprint density at radius 3 is 2.07 bits per heavy atom. The molecule has 0 N–H and O–H groups in total.